The van der Waals surface area contributed by atoms with Gasteiger partial charge in [0.15, 0.2) is 9.84 Å². The van der Waals surface area contributed by atoms with Crippen LogP contribution in [0.5, 0.6) is 0 Å². The van der Waals surface area contributed by atoms with E-state index in [9.17, 15) is 8.42 Å². The first kappa shape index (κ1) is 14.2. The number of hydrogen-bond acceptors (Lipinski definition) is 6. The van der Waals surface area contributed by atoms with E-state index in [1.165, 1.54) is 0 Å². The summed E-state index contributed by atoms with van der Waals surface area (Å²) < 4.78 is 24.4. The van der Waals surface area contributed by atoms with Crippen molar-refractivity contribution in [2.45, 2.75) is 12.3 Å². The normalized spacial score (nSPS) is 20.0. The van der Waals surface area contributed by atoms with Crippen molar-refractivity contribution < 1.29 is 8.42 Å². The van der Waals surface area contributed by atoms with Crippen LogP contribution in [0.4, 0.5) is 5.69 Å². The Morgan fingerprint density at radius 1 is 1.63 bits per heavy atom. The number of thioether (sulfide) groups is 1. The molecule has 0 spiro atoms. The number of nitrogens with zero attached hydrogens (tertiary/aromatic N) is 3. The highest BCUT2D eigenvalue weighted by molar-refractivity contribution is 8.01. The Morgan fingerprint density at radius 3 is 3.11 bits per heavy atom. The van der Waals surface area contributed by atoms with Crippen LogP contribution in [0.3, 0.4) is 0 Å². The minimum Gasteiger partial charge on any atom is -0.351 e. The highest BCUT2D eigenvalue weighted by Gasteiger charge is 2.34. The van der Waals surface area contributed by atoms with E-state index in [4.69, 9.17) is 5.26 Å². The molecule has 2 heterocycles. The summed E-state index contributed by atoms with van der Waals surface area (Å²) in [5.74, 6) is 1.50. The van der Waals surface area contributed by atoms with Gasteiger partial charge >= 0.3 is 0 Å². The van der Waals surface area contributed by atoms with Gasteiger partial charge in [-0.25, -0.2) is 8.42 Å². The fourth-order valence-electron chi connectivity index (χ4n) is 2.06. The third-order valence-corrected chi connectivity index (χ3v) is 6.42. The Labute approximate surface area is 117 Å². The summed E-state index contributed by atoms with van der Waals surface area (Å²) >= 11 is 1.63. The topological polar surface area (TPSA) is 74.1 Å². The van der Waals surface area contributed by atoms with E-state index in [-0.39, 0.29) is 5.75 Å². The lowest BCUT2D eigenvalue weighted by Gasteiger charge is -2.36. The minimum atomic E-state index is -3.18. The molecular formula is C12H15N3O2S2. The monoisotopic (exact) mass is 297 g/mol. The molecule has 1 saturated heterocycles. The molecule has 5 nitrogen and oxygen atoms in total. The summed E-state index contributed by atoms with van der Waals surface area (Å²) in [5.41, 5.74) is 1.09. The summed E-state index contributed by atoms with van der Waals surface area (Å²) in [4.78, 5) is 5.82. The van der Waals surface area contributed by atoms with E-state index in [1.54, 1.807) is 42.0 Å². The molecule has 0 N–H and O–H groups in total. The van der Waals surface area contributed by atoms with Gasteiger partial charge in [0.2, 0.25) is 0 Å². The number of rotatable bonds is 3. The maximum absolute atomic E-state index is 12.2. The first-order valence-corrected chi connectivity index (χ1v) is 8.87. The molecule has 1 aliphatic rings. The maximum atomic E-state index is 12.2. The van der Waals surface area contributed by atoms with Crippen molar-refractivity contribution in [2.24, 2.45) is 0 Å². The smallest absolute Gasteiger partial charge is 0.171 e. The van der Waals surface area contributed by atoms with E-state index in [0.29, 0.717) is 23.5 Å². The molecule has 1 fully saturated rings. The minimum absolute atomic E-state index is 0.108. The molecule has 1 aliphatic heterocycles. The maximum Gasteiger partial charge on any atom is 0.171 e. The number of anilines is 1. The van der Waals surface area contributed by atoms with Gasteiger partial charge in [-0.15, -0.1) is 0 Å². The lowest BCUT2D eigenvalue weighted by molar-refractivity contribution is 0.579. The quantitative estimate of drug-likeness (QED) is 0.836. The molecule has 1 atom stereocenters. The van der Waals surface area contributed by atoms with Crippen molar-refractivity contribution >= 4 is 27.3 Å². The van der Waals surface area contributed by atoms with Crippen LogP contribution >= 0.6 is 11.8 Å². The van der Waals surface area contributed by atoms with Crippen molar-refractivity contribution in [3.8, 4) is 6.07 Å². The second kappa shape index (κ2) is 5.80. The van der Waals surface area contributed by atoms with Gasteiger partial charge in [0.05, 0.1) is 17.4 Å². The Balaban J connectivity index is 2.43. The molecule has 0 amide bonds. The number of pyridine rings is 1. The average Bonchev–Trinajstić information content (AvgIpc) is 2.47. The number of sulfone groups is 1. The second-order valence-electron chi connectivity index (χ2n) is 4.18. The number of aromatic nitrogens is 1. The zero-order chi connectivity index (χ0) is 13.9. The highest BCUT2D eigenvalue weighted by atomic mass is 32.2. The Kier molecular flexibility index (Phi) is 4.32. The first-order valence-electron chi connectivity index (χ1n) is 6.00. The van der Waals surface area contributed by atoms with Crippen LogP contribution in [0.1, 0.15) is 12.5 Å². The molecule has 2 rings (SSSR count). The van der Waals surface area contributed by atoms with E-state index in [1.807, 2.05) is 0 Å². The van der Waals surface area contributed by atoms with Crippen molar-refractivity contribution in [1.82, 2.24) is 4.98 Å². The van der Waals surface area contributed by atoms with E-state index >= 15 is 0 Å². The molecule has 19 heavy (non-hydrogen) atoms. The summed E-state index contributed by atoms with van der Waals surface area (Å²) in [6, 6.07) is 3.72. The predicted molar refractivity (Wildman–Crippen MR) is 76.9 cm³/mol. The fourth-order valence-corrected chi connectivity index (χ4v) is 5.04. The van der Waals surface area contributed by atoms with Crippen LogP contribution < -0.4 is 4.90 Å². The largest absolute Gasteiger partial charge is 0.351 e. The third-order valence-electron chi connectivity index (χ3n) is 3.13. The Hall–Kier alpha value is -1.26. The van der Waals surface area contributed by atoms with Gasteiger partial charge in [0.1, 0.15) is 11.4 Å². The molecule has 0 saturated carbocycles. The molecule has 1 aromatic heterocycles. The van der Waals surface area contributed by atoms with Crippen LogP contribution in [0, 0.1) is 11.3 Å². The van der Waals surface area contributed by atoms with Crippen molar-refractivity contribution in [3.63, 3.8) is 0 Å². The summed E-state index contributed by atoms with van der Waals surface area (Å²) in [6.45, 7) is 2.27. The van der Waals surface area contributed by atoms with Crippen LogP contribution in [-0.4, -0.2) is 42.6 Å². The highest BCUT2D eigenvalue weighted by Crippen LogP contribution is 2.29. The van der Waals surface area contributed by atoms with Crippen molar-refractivity contribution in [3.05, 3.63) is 24.0 Å². The zero-order valence-electron chi connectivity index (χ0n) is 10.6. The van der Waals surface area contributed by atoms with Gasteiger partial charge in [-0.1, -0.05) is 6.92 Å². The third kappa shape index (κ3) is 2.85. The summed E-state index contributed by atoms with van der Waals surface area (Å²) in [5, 5.41) is 8.57. The second-order valence-corrected chi connectivity index (χ2v) is 7.78. The van der Waals surface area contributed by atoms with E-state index < -0.39 is 15.2 Å². The van der Waals surface area contributed by atoms with Crippen LogP contribution in [-0.2, 0) is 9.84 Å². The molecule has 0 radical (unpaired) electrons. The predicted octanol–water partition coefficient (Wildman–Crippen LogP) is 1.27. The van der Waals surface area contributed by atoms with Gasteiger partial charge < -0.3 is 4.90 Å². The lowest BCUT2D eigenvalue weighted by Crippen LogP contribution is -2.48. The Bertz CT molecular complexity index is 595. The SMILES string of the molecule is CCS(=O)(=O)C1CSCCN1c1cnccc1C#N. The summed E-state index contributed by atoms with van der Waals surface area (Å²) in [6.07, 6.45) is 3.12. The van der Waals surface area contributed by atoms with E-state index in [0.717, 1.165) is 5.75 Å². The standard InChI is InChI=1S/C12H15N3O2S2/c1-2-19(16,17)12-9-18-6-5-15(12)11-8-14-4-3-10(11)7-13/h3-4,8,12H,2,5-6,9H2,1H3. The van der Waals surface area contributed by atoms with Gasteiger partial charge in [-0.2, -0.15) is 17.0 Å². The first-order chi connectivity index (χ1) is 9.10. The van der Waals surface area contributed by atoms with Crippen molar-refractivity contribution in [2.75, 3.05) is 28.7 Å². The molecule has 0 bridgehead atoms. The molecule has 1 unspecified atom stereocenters. The van der Waals surface area contributed by atoms with Gasteiger partial charge in [-0.3, -0.25) is 4.98 Å². The number of nitriles is 1. The molecular weight excluding hydrogens is 282 g/mol. The fraction of sp³-hybridized carbons (Fsp3) is 0.500. The lowest BCUT2D eigenvalue weighted by atomic mass is 10.2. The van der Waals surface area contributed by atoms with Crippen LogP contribution in [0.2, 0.25) is 0 Å². The van der Waals surface area contributed by atoms with Gasteiger partial charge in [0.25, 0.3) is 0 Å². The Morgan fingerprint density at radius 2 is 2.42 bits per heavy atom. The molecule has 7 heteroatoms. The van der Waals surface area contributed by atoms with Gasteiger partial charge in [0, 0.05) is 30.0 Å². The summed E-state index contributed by atoms with van der Waals surface area (Å²) in [7, 11) is -3.18. The van der Waals surface area contributed by atoms with Crippen molar-refractivity contribution in [1.29, 1.82) is 5.26 Å². The zero-order valence-corrected chi connectivity index (χ0v) is 12.2. The van der Waals surface area contributed by atoms with Gasteiger partial charge in [-0.05, 0) is 6.07 Å². The van der Waals surface area contributed by atoms with Crippen LogP contribution in [0.25, 0.3) is 0 Å². The molecule has 0 aromatic carbocycles. The number of hydrogen-bond donors (Lipinski definition) is 0. The average molecular weight is 297 g/mol. The molecule has 0 aliphatic carbocycles. The molecule has 1 aromatic rings. The van der Waals surface area contributed by atoms with Crippen LogP contribution in [0.15, 0.2) is 18.5 Å². The van der Waals surface area contributed by atoms with E-state index in [2.05, 4.69) is 11.1 Å². The molecule has 102 valence electrons.